The fraction of sp³-hybridized carbons (Fsp3) is 0.458. The van der Waals surface area contributed by atoms with E-state index in [1.54, 1.807) is 11.4 Å². The standard InChI is InChI=1S/C24H24F3N9O6S3/c1-2-7-35-23(31-33-34-35)45-9-11-8-43-19-15(18(38)36(19)16(11)20(39)40)29-17(37)14(32-42-12-5-3-4-6-12)13-10-44-22(28-13)30-21(41)24(25,26)27/h2,10,12,15,19H,1,3-9H2,(H,29,37)(H,39,40)(H,28,30,41)/b32-14-/t15?,19-/m1/s1. The zero-order valence-corrected chi connectivity index (χ0v) is 25.5. The Labute approximate surface area is 264 Å². The Morgan fingerprint density at radius 1 is 1.29 bits per heavy atom. The second kappa shape index (κ2) is 13.6. The molecular weight excluding hydrogens is 664 g/mol. The van der Waals surface area contributed by atoms with Crippen LogP contribution in [0.1, 0.15) is 31.4 Å². The van der Waals surface area contributed by atoms with Crippen molar-refractivity contribution in [1.82, 2.24) is 35.4 Å². The third-order valence-corrected chi connectivity index (χ3v) is 9.89. The number of rotatable bonds is 12. The molecule has 1 aliphatic carbocycles. The van der Waals surface area contributed by atoms with Crippen molar-refractivity contribution in [2.75, 3.05) is 16.8 Å². The van der Waals surface area contributed by atoms with Gasteiger partial charge in [0.05, 0.1) is 6.54 Å². The minimum atomic E-state index is -5.15. The van der Waals surface area contributed by atoms with E-state index in [1.807, 2.05) is 0 Å². The summed E-state index contributed by atoms with van der Waals surface area (Å²) in [5, 5.41) is 29.9. The zero-order chi connectivity index (χ0) is 32.3. The number of carboxylic acid groups (broad SMARTS) is 1. The summed E-state index contributed by atoms with van der Waals surface area (Å²) in [6.07, 6.45) is -0.675. The number of aromatic nitrogens is 5. The second-order valence-corrected chi connectivity index (χ2v) is 12.7. The number of carbonyl (C=O) groups is 4. The fourth-order valence-corrected chi connectivity index (χ4v) is 7.69. The van der Waals surface area contributed by atoms with Gasteiger partial charge in [-0.3, -0.25) is 24.6 Å². The maximum Gasteiger partial charge on any atom is 0.471 e. The summed E-state index contributed by atoms with van der Waals surface area (Å²) in [6, 6.07) is -1.13. The molecule has 1 unspecified atom stereocenters. The third kappa shape index (κ3) is 7.14. The Hall–Kier alpha value is -3.98. The summed E-state index contributed by atoms with van der Waals surface area (Å²) < 4.78 is 39.6. The molecule has 3 aliphatic rings. The molecule has 0 aromatic carbocycles. The largest absolute Gasteiger partial charge is 0.477 e. The number of alkyl halides is 3. The lowest BCUT2D eigenvalue weighted by molar-refractivity contribution is -0.167. The smallest absolute Gasteiger partial charge is 0.471 e. The van der Waals surface area contributed by atoms with Crippen molar-refractivity contribution >= 4 is 69.4 Å². The number of nitrogens with one attached hydrogen (secondary N) is 2. The molecule has 1 saturated carbocycles. The molecule has 2 atom stereocenters. The van der Waals surface area contributed by atoms with Gasteiger partial charge in [0, 0.05) is 16.9 Å². The number of allylic oxidation sites excluding steroid dienone is 1. The third-order valence-electron chi connectivity index (χ3n) is 6.75. The van der Waals surface area contributed by atoms with Crippen molar-refractivity contribution in [2.45, 2.75) is 61.1 Å². The van der Waals surface area contributed by atoms with Crippen molar-refractivity contribution in [3.8, 4) is 0 Å². The van der Waals surface area contributed by atoms with E-state index in [4.69, 9.17) is 4.84 Å². The second-order valence-electron chi connectivity index (χ2n) is 9.78. The number of thiazole rings is 1. The number of β-lactam (4-membered cyclic amide) rings is 1. The van der Waals surface area contributed by atoms with Crippen LogP contribution in [0.2, 0.25) is 0 Å². The van der Waals surface area contributed by atoms with Gasteiger partial charge in [0.1, 0.15) is 28.9 Å². The van der Waals surface area contributed by atoms with Crippen LogP contribution in [0, 0.1) is 0 Å². The van der Waals surface area contributed by atoms with Crippen molar-refractivity contribution in [3.63, 3.8) is 0 Å². The van der Waals surface area contributed by atoms with Crippen molar-refractivity contribution in [2.24, 2.45) is 5.16 Å². The molecule has 1 saturated heterocycles. The molecule has 240 valence electrons. The molecule has 0 spiro atoms. The number of fused-ring (bicyclic) bond motifs is 1. The Balaban J connectivity index is 1.31. The van der Waals surface area contributed by atoms with Gasteiger partial charge in [-0.15, -0.1) is 34.8 Å². The van der Waals surface area contributed by atoms with Crippen LogP contribution in [0.5, 0.6) is 0 Å². The van der Waals surface area contributed by atoms with E-state index < -0.39 is 52.1 Å². The molecule has 0 radical (unpaired) electrons. The highest BCUT2D eigenvalue weighted by Gasteiger charge is 2.54. The molecule has 45 heavy (non-hydrogen) atoms. The summed E-state index contributed by atoms with van der Waals surface area (Å²) >= 11 is 3.08. The molecule has 21 heteroatoms. The lowest BCUT2D eigenvalue weighted by Crippen LogP contribution is -2.71. The number of nitrogens with zero attached hydrogens (tertiary/aromatic N) is 7. The average Bonchev–Trinajstić information content (AvgIpc) is 3.77. The van der Waals surface area contributed by atoms with E-state index in [0.717, 1.165) is 17.7 Å². The number of halogens is 3. The first-order valence-corrected chi connectivity index (χ1v) is 16.2. The lowest BCUT2D eigenvalue weighted by atomic mass is 10.0. The lowest BCUT2D eigenvalue weighted by Gasteiger charge is -2.49. The van der Waals surface area contributed by atoms with Gasteiger partial charge in [0.25, 0.3) is 11.8 Å². The van der Waals surface area contributed by atoms with Gasteiger partial charge in [-0.25, -0.2) is 14.5 Å². The minimum Gasteiger partial charge on any atom is -0.477 e. The summed E-state index contributed by atoms with van der Waals surface area (Å²) in [5.41, 5.74) is -0.339. The maximum atomic E-state index is 13.4. The monoisotopic (exact) mass is 687 g/mol. The van der Waals surface area contributed by atoms with E-state index in [2.05, 4.69) is 37.6 Å². The van der Waals surface area contributed by atoms with Gasteiger partial charge in [-0.2, -0.15) is 13.2 Å². The van der Waals surface area contributed by atoms with Crippen molar-refractivity contribution in [3.05, 3.63) is 35.0 Å². The van der Waals surface area contributed by atoms with E-state index in [0.29, 0.717) is 41.5 Å². The highest BCUT2D eigenvalue weighted by atomic mass is 32.2. The average molecular weight is 688 g/mol. The molecule has 4 heterocycles. The van der Waals surface area contributed by atoms with Gasteiger partial charge >= 0.3 is 18.1 Å². The van der Waals surface area contributed by atoms with E-state index in [1.165, 1.54) is 33.6 Å². The molecule has 2 aliphatic heterocycles. The van der Waals surface area contributed by atoms with Gasteiger partial charge in [0.15, 0.2) is 10.8 Å². The Morgan fingerprint density at radius 3 is 2.73 bits per heavy atom. The van der Waals surface area contributed by atoms with Crippen LogP contribution in [0.15, 0.2) is 39.6 Å². The van der Waals surface area contributed by atoms with Gasteiger partial charge in [-0.1, -0.05) is 23.0 Å². The molecule has 2 fully saturated rings. The number of thioether (sulfide) groups is 2. The number of tetrazole rings is 1. The van der Waals surface area contributed by atoms with Crippen LogP contribution in [-0.4, -0.2) is 99.8 Å². The first kappa shape index (κ1) is 32.4. The van der Waals surface area contributed by atoms with Gasteiger partial charge < -0.3 is 15.3 Å². The van der Waals surface area contributed by atoms with Crippen LogP contribution in [0.4, 0.5) is 18.3 Å². The Bertz CT molecular complexity index is 1570. The van der Waals surface area contributed by atoms with Crippen LogP contribution >= 0.6 is 34.9 Å². The quantitative estimate of drug-likeness (QED) is 0.0968. The number of hydrogen-bond donors (Lipinski definition) is 3. The topological polar surface area (TPSA) is 194 Å². The number of oxime groups is 1. The summed E-state index contributed by atoms with van der Waals surface area (Å²) in [4.78, 5) is 60.7. The fourth-order valence-electron chi connectivity index (χ4n) is 4.63. The molecule has 2 aromatic rings. The number of carbonyl (C=O) groups excluding carboxylic acids is 3. The van der Waals surface area contributed by atoms with E-state index in [9.17, 15) is 37.5 Å². The van der Waals surface area contributed by atoms with E-state index in [-0.39, 0.29) is 29.0 Å². The number of carboxylic acids is 1. The predicted octanol–water partition coefficient (Wildman–Crippen LogP) is 2.01. The summed E-state index contributed by atoms with van der Waals surface area (Å²) in [6.45, 7) is 3.99. The Morgan fingerprint density at radius 2 is 2.04 bits per heavy atom. The maximum absolute atomic E-state index is 13.4. The number of anilines is 1. The van der Waals surface area contributed by atoms with Crippen LogP contribution in [0.3, 0.4) is 0 Å². The molecule has 15 nitrogen and oxygen atoms in total. The number of aliphatic carboxylic acids is 1. The van der Waals surface area contributed by atoms with Crippen LogP contribution in [0.25, 0.3) is 0 Å². The summed E-state index contributed by atoms with van der Waals surface area (Å²) in [5.74, 6) is -4.72. The van der Waals surface area contributed by atoms with Crippen molar-refractivity contribution < 1.29 is 42.3 Å². The normalized spacial score (nSPS) is 20.5. The van der Waals surface area contributed by atoms with Gasteiger partial charge in [0.2, 0.25) is 5.16 Å². The molecule has 5 rings (SSSR count). The SMILES string of the molecule is C=CCn1nnnc1SCC1=C(C(=O)O)N2C(=O)C(NC(=O)/C(=N\OC3CCCC3)c3csc(NC(=O)C(F)(F)F)n3)[C@H]2SC1. The zero-order valence-electron chi connectivity index (χ0n) is 23.0. The molecule has 0 bridgehead atoms. The van der Waals surface area contributed by atoms with E-state index >= 15 is 0 Å². The Kier molecular flexibility index (Phi) is 9.77. The first-order valence-electron chi connectivity index (χ1n) is 13.3. The van der Waals surface area contributed by atoms with Crippen LogP contribution < -0.4 is 10.6 Å². The highest BCUT2D eigenvalue weighted by molar-refractivity contribution is 8.01. The molecule has 3 amide bonds. The minimum absolute atomic E-state index is 0.183. The predicted molar refractivity (Wildman–Crippen MR) is 155 cm³/mol. The summed E-state index contributed by atoms with van der Waals surface area (Å²) in [7, 11) is 0. The highest BCUT2D eigenvalue weighted by Crippen LogP contribution is 2.41. The molecule has 2 aromatic heterocycles. The first-order chi connectivity index (χ1) is 21.5. The van der Waals surface area contributed by atoms with Gasteiger partial charge in [-0.05, 0) is 41.7 Å². The van der Waals surface area contributed by atoms with Crippen molar-refractivity contribution in [1.29, 1.82) is 0 Å². The number of hydrogen-bond acceptors (Lipinski definition) is 13. The molecule has 3 N–H and O–H groups in total. The van der Waals surface area contributed by atoms with Crippen LogP contribution in [-0.2, 0) is 30.6 Å². The molecular formula is C24H24F3N9O6S3. The number of amides is 3.